The van der Waals surface area contributed by atoms with Crippen LogP contribution in [0.4, 0.5) is 0 Å². The monoisotopic (exact) mass is 518 g/mol. The van der Waals surface area contributed by atoms with Crippen LogP contribution >= 0.6 is 24.8 Å². The first kappa shape index (κ1) is 29.8. The Hall–Kier alpha value is -2.26. The van der Waals surface area contributed by atoms with Gasteiger partial charge in [-0.1, -0.05) is 0 Å². The molecule has 0 N–H and O–H groups in total. The Labute approximate surface area is 214 Å². The summed E-state index contributed by atoms with van der Waals surface area (Å²) in [5, 5.41) is 0. The lowest BCUT2D eigenvalue weighted by Crippen LogP contribution is -2.45. The van der Waals surface area contributed by atoms with Crippen LogP contribution in [0.2, 0.25) is 0 Å². The lowest BCUT2D eigenvalue weighted by atomic mass is 10.1. The maximum absolute atomic E-state index is 5.49. The first-order valence-corrected chi connectivity index (χ1v) is 10.6. The fourth-order valence-corrected chi connectivity index (χ4v) is 4.08. The van der Waals surface area contributed by atoms with E-state index in [0.717, 1.165) is 50.4 Å². The molecule has 1 heterocycles. The minimum absolute atomic E-state index is 0. The summed E-state index contributed by atoms with van der Waals surface area (Å²) in [6, 6.07) is 8.07. The number of methoxy groups -OCH3 is 6. The topological polar surface area (TPSA) is 61.9 Å². The molecule has 0 saturated carbocycles. The van der Waals surface area contributed by atoms with Crippen molar-refractivity contribution >= 4 is 24.8 Å². The average molecular weight is 519 g/mol. The predicted octanol–water partition coefficient (Wildman–Crippen LogP) is 3.90. The molecule has 2 aromatic rings. The van der Waals surface area contributed by atoms with Gasteiger partial charge in [0.1, 0.15) is 0 Å². The summed E-state index contributed by atoms with van der Waals surface area (Å²) in [6.45, 7) is 5.55. The molecular formula is C24H36Cl2N2O6. The quantitative estimate of drug-likeness (QED) is 0.469. The first-order valence-electron chi connectivity index (χ1n) is 10.6. The molecule has 0 aliphatic carbocycles. The fourth-order valence-electron chi connectivity index (χ4n) is 4.08. The van der Waals surface area contributed by atoms with Gasteiger partial charge in [-0.2, -0.15) is 0 Å². The number of ether oxygens (including phenoxy) is 6. The molecule has 34 heavy (non-hydrogen) atoms. The van der Waals surface area contributed by atoms with Gasteiger partial charge in [0, 0.05) is 39.3 Å². The van der Waals surface area contributed by atoms with E-state index in [1.165, 1.54) is 0 Å². The Bertz CT molecular complexity index is 784. The standard InChI is InChI=1S/C24H34N2O6.2ClH/c1-27-19-11-17(12-20(28-2)23(19)31-5)15-25-7-9-26(10-8-25)16-18-13-21(29-3)24(32-6)22(14-18)30-4;;/h11-14H,7-10,15-16H2,1-6H3;2*1H. The van der Waals surface area contributed by atoms with Crippen molar-refractivity contribution in [1.82, 2.24) is 9.80 Å². The molecule has 8 nitrogen and oxygen atoms in total. The van der Waals surface area contributed by atoms with E-state index in [2.05, 4.69) is 9.80 Å². The smallest absolute Gasteiger partial charge is 0.203 e. The molecule has 2 aromatic carbocycles. The van der Waals surface area contributed by atoms with Crippen molar-refractivity contribution in [3.8, 4) is 34.5 Å². The zero-order valence-electron chi connectivity index (χ0n) is 20.7. The molecule has 0 spiro atoms. The van der Waals surface area contributed by atoms with E-state index in [9.17, 15) is 0 Å². The predicted molar refractivity (Wildman–Crippen MR) is 137 cm³/mol. The highest BCUT2D eigenvalue weighted by atomic mass is 35.5. The molecule has 192 valence electrons. The Morgan fingerprint density at radius 2 is 0.765 bits per heavy atom. The number of hydrogen-bond donors (Lipinski definition) is 0. The first-order chi connectivity index (χ1) is 15.6. The van der Waals surface area contributed by atoms with Gasteiger partial charge in [0.15, 0.2) is 23.0 Å². The van der Waals surface area contributed by atoms with Gasteiger partial charge in [-0.15, -0.1) is 24.8 Å². The van der Waals surface area contributed by atoms with Gasteiger partial charge >= 0.3 is 0 Å². The third-order valence-corrected chi connectivity index (χ3v) is 5.73. The van der Waals surface area contributed by atoms with Crippen LogP contribution < -0.4 is 28.4 Å². The Morgan fingerprint density at radius 3 is 0.971 bits per heavy atom. The van der Waals surface area contributed by atoms with E-state index in [1.807, 2.05) is 24.3 Å². The summed E-state index contributed by atoms with van der Waals surface area (Å²) in [7, 11) is 9.80. The molecule has 0 bridgehead atoms. The van der Waals surface area contributed by atoms with Crippen LogP contribution in [0.25, 0.3) is 0 Å². The van der Waals surface area contributed by atoms with E-state index < -0.39 is 0 Å². The number of benzene rings is 2. The highest BCUT2D eigenvalue weighted by Crippen LogP contribution is 2.39. The number of hydrogen-bond acceptors (Lipinski definition) is 8. The summed E-state index contributed by atoms with van der Waals surface area (Å²) in [6.07, 6.45) is 0. The van der Waals surface area contributed by atoms with E-state index in [0.29, 0.717) is 34.5 Å². The zero-order valence-corrected chi connectivity index (χ0v) is 22.3. The summed E-state index contributed by atoms with van der Waals surface area (Å²) in [4.78, 5) is 4.87. The lowest BCUT2D eigenvalue weighted by Gasteiger charge is -2.35. The molecule has 0 radical (unpaired) electrons. The van der Waals surface area contributed by atoms with Gasteiger partial charge < -0.3 is 28.4 Å². The molecule has 3 rings (SSSR count). The normalized spacial score (nSPS) is 13.8. The molecule has 0 amide bonds. The zero-order chi connectivity index (χ0) is 23.1. The molecule has 1 saturated heterocycles. The second kappa shape index (κ2) is 14.2. The maximum Gasteiger partial charge on any atom is 0.203 e. The fraction of sp³-hybridized carbons (Fsp3) is 0.500. The number of nitrogens with zero attached hydrogens (tertiary/aromatic N) is 2. The van der Waals surface area contributed by atoms with Gasteiger partial charge in [-0.25, -0.2) is 0 Å². The second-order valence-electron chi connectivity index (χ2n) is 7.62. The molecule has 0 atom stereocenters. The van der Waals surface area contributed by atoms with Crippen LogP contribution in [-0.2, 0) is 13.1 Å². The van der Waals surface area contributed by atoms with Gasteiger partial charge in [0.2, 0.25) is 11.5 Å². The van der Waals surface area contributed by atoms with Gasteiger partial charge in [-0.3, -0.25) is 9.80 Å². The van der Waals surface area contributed by atoms with Crippen LogP contribution in [0.15, 0.2) is 24.3 Å². The van der Waals surface area contributed by atoms with Crippen LogP contribution in [0.3, 0.4) is 0 Å². The molecule has 0 unspecified atom stereocenters. The molecule has 0 aromatic heterocycles. The molecule has 1 aliphatic rings. The lowest BCUT2D eigenvalue weighted by molar-refractivity contribution is 0.121. The molecular weight excluding hydrogens is 483 g/mol. The highest BCUT2D eigenvalue weighted by molar-refractivity contribution is 5.85. The van der Waals surface area contributed by atoms with Crippen molar-refractivity contribution < 1.29 is 28.4 Å². The summed E-state index contributed by atoms with van der Waals surface area (Å²) in [5.74, 6) is 3.97. The van der Waals surface area contributed by atoms with Gasteiger partial charge in [0.05, 0.1) is 42.7 Å². The second-order valence-corrected chi connectivity index (χ2v) is 7.62. The minimum atomic E-state index is 0. The maximum atomic E-state index is 5.49. The van der Waals surface area contributed by atoms with Crippen LogP contribution in [0.5, 0.6) is 34.5 Å². The molecule has 10 heteroatoms. The average Bonchev–Trinajstić information content (AvgIpc) is 2.83. The van der Waals surface area contributed by atoms with Gasteiger partial charge in [-0.05, 0) is 35.4 Å². The Morgan fingerprint density at radius 1 is 0.500 bits per heavy atom. The SMILES string of the molecule is COc1cc(CN2CCN(Cc3cc(OC)c(OC)c(OC)c3)CC2)cc(OC)c1OC.Cl.Cl. The van der Waals surface area contributed by atoms with E-state index in [1.54, 1.807) is 42.7 Å². The van der Waals surface area contributed by atoms with Gasteiger partial charge in [0.25, 0.3) is 0 Å². The number of piperazine rings is 1. The van der Waals surface area contributed by atoms with Crippen molar-refractivity contribution in [3.05, 3.63) is 35.4 Å². The third-order valence-electron chi connectivity index (χ3n) is 5.73. The van der Waals surface area contributed by atoms with E-state index in [-0.39, 0.29) is 24.8 Å². The van der Waals surface area contributed by atoms with Crippen molar-refractivity contribution in [3.63, 3.8) is 0 Å². The van der Waals surface area contributed by atoms with Crippen molar-refractivity contribution in [2.24, 2.45) is 0 Å². The minimum Gasteiger partial charge on any atom is -0.493 e. The van der Waals surface area contributed by atoms with Crippen molar-refractivity contribution in [2.45, 2.75) is 13.1 Å². The molecule has 1 aliphatic heterocycles. The Kier molecular flexibility index (Phi) is 12.4. The van der Waals surface area contributed by atoms with Crippen LogP contribution in [-0.4, -0.2) is 78.6 Å². The summed E-state index contributed by atoms with van der Waals surface area (Å²) < 4.78 is 32.8. The Balaban J connectivity index is 0.00000289. The number of halogens is 2. The van der Waals surface area contributed by atoms with Crippen molar-refractivity contribution in [1.29, 1.82) is 0 Å². The number of rotatable bonds is 10. The van der Waals surface area contributed by atoms with Crippen molar-refractivity contribution in [2.75, 3.05) is 68.8 Å². The third kappa shape index (κ3) is 6.88. The molecule has 1 fully saturated rings. The largest absolute Gasteiger partial charge is 0.493 e. The van der Waals surface area contributed by atoms with E-state index in [4.69, 9.17) is 28.4 Å². The highest BCUT2D eigenvalue weighted by Gasteiger charge is 2.21. The van der Waals surface area contributed by atoms with Crippen LogP contribution in [0, 0.1) is 0 Å². The van der Waals surface area contributed by atoms with E-state index >= 15 is 0 Å². The van der Waals surface area contributed by atoms with Crippen LogP contribution in [0.1, 0.15) is 11.1 Å². The summed E-state index contributed by atoms with van der Waals surface area (Å²) >= 11 is 0. The summed E-state index contributed by atoms with van der Waals surface area (Å²) in [5.41, 5.74) is 2.27.